The van der Waals surface area contributed by atoms with Gasteiger partial charge in [0.15, 0.2) is 0 Å². The van der Waals surface area contributed by atoms with E-state index in [4.69, 9.17) is 11.6 Å². The largest absolute Gasteiger partial charge is 0.352 e. The normalized spacial score (nSPS) is 22.4. The molecule has 1 aliphatic rings. The maximum atomic E-state index is 10.8. The molecule has 0 aromatic heterocycles. The van der Waals surface area contributed by atoms with Gasteiger partial charge in [-0.25, -0.2) is 0 Å². The summed E-state index contributed by atoms with van der Waals surface area (Å²) in [6.07, 6.45) is 1.56. The lowest BCUT2D eigenvalue weighted by molar-refractivity contribution is -0.119. The average molecular weight is 189 g/mol. The predicted molar refractivity (Wildman–Crippen MR) is 49.0 cm³/mol. The highest BCUT2D eigenvalue weighted by atomic mass is 35.5. The Morgan fingerprint density at radius 2 is 2.58 bits per heavy atom. The van der Waals surface area contributed by atoms with Crippen molar-refractivity contribution in [2.75, 3.05) is 13.1 Å². The highest BCUT2D eigenvalue weighted by Gasteiger charge is 2.19. The Hall–Kier alpha value is -0.540. The van der Waals surface area contributed by atoms with E-state index in [1.807, 2.05) is 0 Å². The van der Waals surface area contributed by atoms with Crippen LogP contribution in [-0.2, 0) is 4.79 Å². The molecule has 1 rings (SSSR count). The topological polar surface area (TPSA) is 41.1 Å². The Bertz CT molecular complexity index is 193. The molecule has 0 spiro atoms. The summed E-state index contributed by atoms with van der Waals surface area (Å²) >= 11 is 5.55. The zero-order chi connectivity index (χ0) is 8.97. The zero-order valence-electron chi connectivity index (χ0n) is 6.90. The van der Waals surface area contributed by atoms with Crippen LogP contribution in [0.25, 0.3) is 0 Å². The highest BCUT2D eigenvalue weighted by Crippen LogP contribution is 2.05. The molecule has 1 heterocycles. The van der Waals surface area contributed by atoms with E-state index in [1.165, 1.54) is 0 Å². The van der Waals surface area contributed by atoms with Gasteiger partial charge >= 0.3 is 0 Å². The quantitative estimate of drug-likeness (QED) is 0.679. The maximum Gasteiger partial charge on any atom is 0.220 e. The van der Waals surface area contributed by atoms with Gasteiger partial charge in [0.1, 0.15) is 0 Å². The highest BCUT2D eigenvalue weighted by molar-refractivity contribution is 6.29. The summed E-state index contributed by atoms with van der Waals surface area (Å²) in [5.74, 6) is 0.145. The van der Waals surface area contributed by atoms with Crippen molar-refractivity contribution in [3.8, 4) is 0 Å². The van der Waals surface area contributed by atoms with Gasteiger partial charge in [0.05, 0.1) is 0 Å². The predicted octanol–water partition coefficient (Wildman–Crippen LogP) is 0.607. The Balaban J connectivity index is 2.08. The van der Waals surface area contributed by atoms with Crippen molar-refractivity contribution < 1.29 is 4.79 Å². The third-order valence-electron chi connectivity index (χ3n) is 1.79. The summed E-state index contributed by atoms with van der Waals surface area (Å²) in [4.78, 5) is 10.8. The monoisotopic (exact) mass is 188 g/mol. The first kappa shape index (κ1) is 9.55. The Kier molecular flexibility index (Phi) is 3.56. The fraction of sp³-hybridized carbons (Fsp3) is 0.625. The van der Waals surface area contributed by atoms with Gasteiger partial charge in [-0.3, -0.25) is 4.79 Å². The summed E-state index contributed by atoms with van der Waals surface area (Å²) < 4.78 is 0. The van der Waals surface area contributed by atoms with E-state index < -0.39 is 0 Å². The zero-order valence-corrected chi connectivity index (χ0v) is 7.66. The van der Waals surface area contributed by atoms with Crippen LogP contribution in [0.1, 0.15) is 12.8 Å². The van der Waals surface area contributed by atoms with Crippen LogP contribution >= 0.6 is 11.6 Å². The first-order chi connectivity index (χ1) is 5.68. The molecule has 0 aromatic carbocycles. The second-order valence-electron chi connectivity index (χ2n) is 2.95. The van der Waals surface area contributed by atoms with E-state index in [-0.39, 0.29) is 11.9 Å². The van der Waals surface area contributed by atoms with Crippen LogP contribution in [0.3, 0.4) is 0 Å². The summed E-state index contributed by atoms with van der Waals surface area (Å²) in [6.45, 7) is 4.93. The van der Waals surface area contributed by atoms with Crippen molar-refractivity contribution in [2.45, 2.75) is 18.9 Å². The number of carbonyl (C=O) groups excluding carboxylic acids is 1. The van der Waals surface area contributed by atoms with Gasteiger partial charge in [0.25, 0.3) is 0 Å². The van der Waals surface area contributed by atoms with Gasteiger partial charge in [0.2, 0.25) is 5.91 Å². The van der Waals surface area contributed by atoms with Crippen molar-refractivity contribution in [3.63, 3.8) is 0 Å². The third-order valence-corrected chi connectivity index (χ3v) is 1.93. The lowest BCUT2D eigenvalue weighted by atomic mass is 10.2. The van der Waals surface area contributed by atoms with Crippen LogP contribution in [0, 0.1) is 0 Å². The molecule has 1 atom stereocenters. The maximum absolute atomic E-state index is 10.8. The van der Waals surface area contributed by atoms with Crippen LogP contribution in [0.4, 0.5) is 0 Å². The molecule has 0 bridgehead atoms. The second-order valence-corrected chi connectivity index (χ2v) is 3.49. The number of halogens is 1. The molecule has 1 amide bonds. The van der Waals surface area contributed by atoms with Gasteiger partial charge in [-0.1, -0.05) is 18.2 Å². The lowest BCUT2D eigenvalue weighted by Gasteiger charge is -2.09. The smallest absolute Gasteiger partial charge is 0.220 e. The van der Waals surface area contributed by atoms with Crippen LogP contribution < -0.4 is 10.6 Å². The van der Waals surface area contributed by atoms with Gasteiger partial charge in [-0.2, -0.15) is 0 Å². The first-order valence-electron chi connectivity index (χ1n) is 4.02. The van der Waals surface area contributed by atoms with Crippen molar-refractivity contribution in [1.82, 2.24) is 10.6 Å². The Morgan fingerprint density at radius 1 is 1.83 bits per heavy atom. The van der Waals surface area contributed by atoms with Gasteiger partial charge in [-0.15, -0.1) is 0 Å². The Labute approximate surface area is 77.2 Å². The molecule has 0 aliphatic carbocycles. The summed E-state index contributed by atoms with van der Waals surface area (Å²) in [7, 11) is 0. The van der Waals surface area contributed by atoms with Gasteiger partial charge in [-0.05, 0) is 6.42 Å². The lowest BCUT2D eigenvalue weighted by Crippen LogP contribution is -2.35. The molecule has 1 saturated heterocycles. The molecule has 3 nitrogen and oxygen atoms in total. The first-order valence-corrected chi connectivity index (χ1v) is 4.39. The minimum Gasteiger partial charge on any atom is -0.352 e. The van der Waals surface area contributed by atoms with Gasteiger partial charge < -0.3 is 10.6 Å². The molecule has 68 valence electrons. The molecule has 1 unspecified atom stereocenters. The number of nitrogens with one attached hydrogen (secondary N) is 2. The Morgan fingerprint density at radius 3 is 3.08 bits per heavy atom. The standard InChI is InChI=1S/C8H13ClN2O/c1-6(9)4-10-5-7-2-3-8(12)11-7/h7,10H,1-5H2,(H,11,12). The van der Waals surface area contributed by atoms with E-state index in [0.29, 0.717) is 18.0 Å². The van der Waals surface area contributed by atoms with E-state index in [9.17, 15) is 4.79 Å². The summed E-state index contributed by atoms with van der Waals surface area (Å²) in [6, 6.07) is 0.272. The molecule has 1 fully saturated rings. The third kappa shape index (κ3) is 3.24. The fourth-order valence-corrected chi connectivity index (χ4v) is 1.31. The van der Waals surface area contributed by atoms with Crippen LogP contribution in [0.5, 0.6) is 0 Å². The van der Waals surface area contributed by atoms with Crippen molar-refractivity contribution in [3.05, 3.63) is 11.6 Å². The number of hydrogen-bond donors (Lipinski definition) is 2. The minimum atomic E-state index is 0.145. The van der Waals surface area contributed by atoms with Crippen molar-refractivity contribution in [1.29, 1.82) is 0 Å². The molecule has 1 aliphatic heterocycles. The SMILES string of the molecule is C=C(Cl)CNCC1CCC(=O)N1. The van der Waals surface area contributed by atoms with Crippen molar-refractivity contribution in [2.24, 2.45) is 0 Å². The number of carbonyl (C=O) groups is 1. The molecule has 0 aromatic rings. The molecule has 4 heteroatoms. The molecule has 2 N–H and O–H groups in total. The van der Waals surface area contributed by atoms with E-state index in [1.54, 1.807) is 0 Å². The second kappa shape index (κ2) is 4.48. The average Bonchev–Trinajstić information content (AvgIpc) is 2.35. The number of hydrogen-bond acceptors (Lipinski definition) is 2. The molecule has 0 radical (unpaired) electrons. The van der Waals surface area contributed by atoms with E-state index >= 15 is 0 Å². The molecular formula is C8H13ClN2O. The number of rotatable bonds is 4. The van der Waals surface area contributed by atoms with E-state index in [2.05, 4.69) is 17.2 Å². The fourth-order valence-electron chi connectivity index (χ4n) is 1.21. The number of amides is 1. The van der Waals surface area contributed by atoms with Crippen LogP contribution in [0.2, 0.25) is 0 Å². The van der Waals surface area contributed by atoms with E-state index in [0.717, 1.165) is 13.0 Å². The summed E-state index contributed by atoms with van der Waals surface area (Å²) in [5.41, 5.74) is 0. The molecule has 12 heavy (non-hydrogen) atoms. The van der Waals surface area contributed by atoms with Crippen LogP contribution in [-0.4, -0.2) is 25.0 Å². The van der Waals surface area contributed by atoms with Crippen LogP contribution in [0.15, 0.2) is 11.6 Å². The molecular weight excluding hydrogens is 176 g/mol. The molecule has 0 saturated carbocycles. The van der Waals surface area contributed by atoms with Crippen molar-refractivity contribution >= 4 is 17.5 Å². The van der Waals surface area contributed by atoms with Gasteiger partial charge in [0, 0.05) is 30.6 Å². The minimum absolute atomic E-state index is 0.145. The summed E-state index contributed by atoms with van der Waals surface area (Å²) in [5, 5.41) is 6.55.